The van der Waals surface area contributed by atoms with Gasteiger partial charge in [0, 0.05) is 6.54 Å². The number of benzene rings is 4. The standard InChI is InChI=1S/C25H24N4O6S2.Na/c1-3-29(19-7-5-4-6-8-19)36(31,32)23-14-18(11-9-16(23)2)27-28-25-21(26)12-10-17-13-20(37(33,34)35)15-22(30)24(17)25;/h4-15,30H,3,26H2,1-2H3,(H,33,34,35);/q;+1/p-1. The zero-order chi connectivity index (χ0) is 27.0. The van der Waals surface area contributed by atoms with Gasteiger partial charge in [-0.1, -0.05) is 30.3 Å². The Morgan fingerprint density at radius 3 is 2.26 bits per heavy atom. The third kappa shape index (κ3) is 5.85. The number of phenols is 1. The number of aromatic hydroxyl groups is 1. The molecule has 0 aliphatic carbocycles. The van der Waals surface area contributed by atoms with Crippen LogP contribution in [0.3, 0.4) is 0 Å². The summed E-state index contributed by atoms with van der Waals surface area (Å²) in [6.07, 6.45) is 0. The normalized spacial score (nSPS) is 12.0. The minimum atomic E-state index is -4.80. The van der Waals surface area contributed by atoms with E-state index in [0.29, 0.717) is 11.3 Å². The van der Waals surface area contributed by atoms with E-state index >= 15 is 0 Å². The van der Waals surface area contributed by atoms with Gasteiger partial charge >= 0.3 is 29.6 Å². The number of fused-ring (bicyclic) bond motifs is 1. The second-order valence-corrected chi connectivity index (χ2v) is 11.4. The molecule has 0 unspecified atom stereocenters. The number of rotatable bonds is 7. The molecule has 4 aromatic rings. The van der Waals surface area contributed by atoms with Gasteiger partial charge in [0.1, 0.15) is 21.6 Å². The molecule has 13 heteroatoms. The molecule has 3 N–H and O–H groups in total. The van der Waals surface area contributed by atoms with Gasteiger partial charge < -0.3 is 15.4 Å². The zero-order valence-electron chi connectivity index (χ0n) is 20.9. The molecular weight excluding hydrogens is 539 g/mol. The number of nitrogens with two attached hydrogens (primary N) is 1. The number of azo groups is 1. The molecule has 192 valence electrons. The topological polar surface area (TPSA) is 166 Å². The Balaban J connectivity index is 0.00000400. The first-order chi connectivity index (χ1) is 17.4. The molecule has 4 rings (SSSR count). The number of aryl methyl sites for hydroxylation is 1. The van der Waals surface area contributed by atoms with E-state index in [2.05, 4.69) is 10.2 Å². The van der Waals surface area contributed by atoms with Crippen molar-refractivity contribution in [3.8, 4) is 5.75 Å². The predicted octanol–water partition coefficient (Wildman–Crippen LogP) is 1.97. The summed E-state index contributed by atoms with van der Waals surface area (Å²) in [6.45, 7) is 3.63. The fourth-order valence-corrected chi connectivity index (χ4v) is 6.16. The number of hydrogen-bond acceptors (Lipinski definition) is 9. The number of phenolic OH excluding ortho intramolecular Hbond substituents is 1. The first-order valence-electron chi connectivity index (χ1n) is 11.0. The first-order valence-corrected chi connectivity index (χ1v) is 13.9. The molecule has 38 heavy (non-hydrogen) atoms. The van der Waals surface area contributed by atoms with Crippen LogP contribution in [0.4, 0.5) is 22.7 Å². The van der Waals surface area contributed by atoms with Gasteiger partial charge in [-0.3, -0.25) is 4.31 Å². The average molecular weight is 563 g/mol. The Morgan fingerprint density at radius 1 is 0.947 bits per heavy atom. The van der Waals surface area contributed by atoms with E-state index in [4.69, 9.17) is 5.73 Å². The fourth-order valence-electron chi connectivity index (χ4n) is 3.91. The number of nitrogen functional groups attached to an aromatic ring is 1. The van der Waals surface area contributed by atoms with Gasteiger partial charge in [0.2, 0.25) is 0 Å². The smallest absolute Gasteiger partial charge is 0.744 e. The van der Waals surface area contributed by atoms with Crippen LogP contribution in [0, 0.1) is 6.92 Å². The van der Waals surface area contributed by atoms with Crippen molar-refractivity contribution in [2.75, 3.05) is 16.6 Å². The molecule has 0 aliphatic rings. The molecule has 0 amide bonds. The van der Waals surface area contributed by atoms with Gasteiger partial charge in [-0.05, 0) is 67.3 Å². The molecule has 0 radical (unpaired) electrons. The van der Waals surface area contributed by atoms with Gasteiger partial charge in [0.05, 0.1) is 32.2 Å². The zero-order valence-corrected chi connectivity index (χ0v) is 24.5. The molecule has 0 atom stereocenters. The second-order valence-electron chi connectivity index (χ2n) is 8.15. The van der Waals surface area contributed by atoms with Gasteiger partial charge in [-0.15, -0.1) is 5.11 Å². The van der Waals surface area contributed by atoms with Crippen LogP contribution >= 0.6 is 0 Å². The molecule has 0 heterocycles. The van der Waals surface area contributed by atoms with Crippen molar-refractivity contribution < 1.29 is 56.1 Å². The van der Waals surface area contributed by atoms with Crippen molar-refractivity contribution in [1.29, 1.82) is 0 Å². The molecule has 0 aromatic heterocycles. The Labute approximate surface area is 242 Å². The third-order valence-electron chi connectivity index (χ3n) is 5.70. The summed E-state index contributed by atoms with van der Waals surface area (Å²) in [5.41, 5.74) is 7.46. The summed E-state index contributed by atoms with van der Waals surface area (Å²) in [5.74, 6) is -0.512. The van der Waals surface area contributed by atoms with Crippen molar-refractivity contribution >= 4 is 53.7 Å². The molecule has 4 aromatic carbocycles. The monoisotopic (exact) mass is 562 g/mol. The molecule has 10 nitrogen and oxygen atoms in total. The number of sulfonamides is 1. The summed E-state index contributed by atoms with van der Waals surface area (Å²) in [4.78, 5) is -0.550. The predicted molar refractivity (Wildman–Crippen MR) is 140 cm³/mol. The van der Waals surface area contributed by atoms with Crippen LogP contribution in [-0.4, -0.2) is 33.0 Å². The van der Waals surface area contributed by atoms with Crippen LogP contribution < -0.4 is 39.6 Å². The minimum Gasteiger partial charge on any atom is -0.744 e. The van der Waals surface area contributed by atoms with Crippen LogP contribution in [0.2, 0.25) is 0 Å². The number of hydrogen-bond donors (Lipinski definition) is 2. The van der Waals surface area contributed by atoms with Crippen molar-refractivity contribution in [1.82, 2.24) is 0 Å². The summed E-state index contributed by atoms with van der Waals surface area (Å²) < 4.78 is 62.6. The van der Waals surface area contributed by atoms with E-state index in [1.165, 1.54) is 22.5 Å². The number of nitrogens with zero attached hydrogens (tertiary/aromatic N) is 3. The van der Waals surface area contributed by atoms with E-state index < -0.39 is 30.8 Å². The maximum atomic E-state index is 13.5. The van der Waals surface area contributed by atoms with E-state index in [1.807, 2.05) is 0 Å². The maximum absolute atomic E-state index is 13.5. The van der Waals surface area contributed by atoms with Crippen molar-refractivity contribution in [2.24, 2.45) is 10.2 Å². The molecule has 0 aliphatic heterocycles. The van der Waals surface area contributed by atoms with E-state index in [0.717, 1.165) is 12.1 Å². The molecule has 0 spiro atoms. The van der Waals surface area contributed by atoms with Crippen LogP contribution in [0.1, 0.15) is 12.5 Å². The molecule has 0 saturated carbocycles. The summed E-state index contributed by atoms with van der Waals surface area (Å²) in [7, 11) is -8.73. The van der Waals surface area contributed by atoms with Crippen molar-refractivity contribution in [2.45, 2.75) is 23.6 Å². The Bertz CT molecular complexity index is 1750. The number of anilines is 2. The molecular formula is C25H23N4NaO6S2. The molecule has 0 fully saturated rings. The first kappa shape index (κ1) is 29.6. The van der Waals surface area contributed by atoms with Gasteiger partial charge in [-0.2, -0.15) is 5.11 Å². The summed E-state index contributed by atoms with van der Waals surface area (Å²) >= 11 is 0. The minimum absolute atomic E-state index is 0. The van der Waals surface area contributed by atoms with Crippen LogP contribution in [-0.2, 0) is 20.1 Å². The summed E-state index contributed by atoms with van der Waals surface area (Å²) in [5, 5.41) is 19.0. The van der Waals surface area contributed by atoms with Gasteiger partial charge in [-0.25, -0.2) is 16.8 Å². The quantitative estimate of drug-likeness (QED) is 0.150. The molecule has 0 saturated heterocycles. The van der Waals surface area contributed by atoms with E-state index in [-0.39, 0.29) is 68.8 Å². The molecule has 0 bridgehead atoms. The summed E-state index contributed by atoms with van der Waals surface area (Å²) in [6, 6.07) is 18.1. The Morgan fingerprint density at radius 2 is 1.63 bits per heavy atom. The van der Waals surface area contributed by atoms with Crippen molar-refractivity contribution in [3.63, 3.8) is 0 Å². The average Bonchev–Trinajstić information content (AvgIpc) is 2.84. The largest absolute Gasteiger partial charge is 1.00 e. The van der Waals surface area contributed by atoms with E-state index in [9.17, 15) is 26.5 Å². The third-order valence-corrected chi connectivity index (χ3v) is 8.56. The number of para-hydroxylation sites is 1. The van der Waals surface area contributed by atoms with Gasteiger partial charge in [0.25, 0.3) is 10.0 Å². The van der Waals surface area contributed by atoms with Crippen LogP contribution in [0.5, 0.6) is 5.75 Å². The second kappa shape index (κ2) is 11.4. The Hall–Kier alpha value is -3.00. The van der Waals surface area contributed by atoms with Crippen LogP contribution in [0.15, 0.2) is 92.8 Å². The van der Waals surface area contributed by atoms with Crippen LogP contribution in [0.25, 0.3) is 10.8 Å². The SMILES string of the molecule is CCN(c1ccccc1)S(=O)(=O)c1cc(N=Nc2c(N)ccc3cc(S(=O)(=O)[O-])cc(O)c23)ccc1C.[Na+]. The van der Waals surface area contributed by atoms with Crippen molar-refractivity contribution in [3.05, 3.63) is 78.4 Å². The maximum Gasteiger partial charge on any atom is 1.00 e. The van der Waals surface area contributed by atoms with E-state index in [1.54, 1.807) is 56.3 Å². The fraction of sp³-hybridized carbons (Fsp3) is 0.120. The Kier molecular flexibility index (Phi) is 8.86. The van der Waals surface area contributed by atoms with Gasteiger partial charge in [0.15, 0.2) is 0 Å².